The summed E-state index contributed by atoms with van der Waals surface area (Å²) in [6, 6.07) is 6.92. The second-order valence-corrected chi connectivity index (χ2v) is 5.55. The first kappa shape index (κ1) is 19.8. The molecule has 0 spiro atoms. The van der Waals surface area contributed by atoms with Crippen molar-refractivity contribution in [3.8, 4) is 5.75 Å². The number of azo groups is 1. The van der Waals surface area contributed by atoms with Crippen LogP contribution >= 0.6 is 12.2 Å². The van der Waals surface area contributed by atoms with Crippen LogP contribution in [0.4, 0.5) is 5.69 Å². The molecule has 9 N–H and O–H groups in total. The van der Waals surface area contributed by atoms with E-state index < -0.39 is 20.8 Å². The van der Waals surface area contributed by atoms with E-state index in [2.05, 4.69) is 22.4 Å². The van der Waals surface area contributed by atoms with Gasteiger partial charge in [-0.05, 0) is 12.2 Å². The van der Waals surface area contributed by atoms with Crippen LogP contribution in [0.1, 0.15) is 0 Å². The van der Waals surface area contributed by atoms with Gasteiger partial charge >= 0.3 is 0 Å². The molecule has 22 heavy (non-hydrogen) atoms. The SMILES string of the molecule is NC(=S)N=Nc1c(O)cc(S(=O)(=O)[O-])c2ccccc12.O.[NH4+]. The molecular weight excluding hydrogens is 332 g/mol. The molecule has 0 aliphatic carbocycles. The van der Waals surface area contributed by atoms with Gasteiger partial charge in [0.2, 0.25) is 5.11 Å². The van der Waals surface area contributed by atoms with E-state index in [4.69, 9.17) is 5.73 Å². The van der Waals surface area contributed by atoms with Crippen LogP contribution in [0.25, 0.3) is 10.8 Å². The van der Waals surface area contributed by atoms with E-state index in [0.717, 1.165) is 6.07 Å². The Morgan fingerprint density at radius 3 is 2.32 bits per heavy atom. The summed E-state index contributed by atoms with van der Waals surface area (Å²) < 4.78 is 33.6. The number of phenolic OH excluding ortho intramolecular Hbond substituents is 1. The maximum atomic E-state index is 11.2. The number of aromatic hydroxyl groups is 1. The van der Waals surface area contributed by atoms with Gasteiger partial charge in [-0.2, -0.15) is 0 Å². The second-order valence-electron chi connectivity index (χ2n) is 3.78. The van der Waals surface area contributed by atoms with Crippen LogP contribution in [0.15, 0.2) is 45.5 Å². The van der Waals surface area contributed by atoms with Gasteiger partial charge in [0.15, 0.2) is 0 Å². The summed E-state index contributed by atoms with van der Waals surface area (Å²) in [5.74, 6) is -0.502. The molecule has 0 amide bonds. The zero-order valence-corrected chi connectivity index (χ0v) is 13.0. The number of benzene rings is 2. The highest BCUT2D eigenvalue weighted by Gasteiger charge is 2.15. The highest BCUT2D eigenvalue weighted by atomic mass is 32.2. The van der Waals surface area contributed by atoms with Gasteiger partial charge in [-0.15, -0.1) is 10.2 Å². The summed E-state index contributed by atoms with van der Waals surface area (Å²) in [7, 11) is -4.73. The van der Waals surface area contributed by atoms with E-state index in [9.17, 15) is 18.1 Å². The number of nitrogens with two attached hydrogens (primary N) is 1. The van der Waals surface area contributed by atoms with Crippen molar-refractivity contribution < 1.29 is 23.6 Å². The number of thiocarbonyl (C=S) groups is 1. The van der Waals surface area contributed by atoms with Gasteiger partial charge in [-0.25, -0.2) is 8.42 Å². The fourth-order valence-corrected chi connectivity index (χ4v) is 2.47. The van der Waals surface area contributed by atoms with Gasteiger partial charge in [0.25, 0.3) is 0 Å². The Bertz CT molecular complexity index is 836. The normalized spacial score (nSPS) is 11.0. The van der Waals surface area contributed by atoms with Crippen molar-refractivity contribution in [3.63, 3.8) is 0 Å². The van der Waals surface area contributed by atoms with E-state index in [1.165, 1.54) is 12.1 Å². The highest BCUT2D eigenvalue weighted by molar-refractivity contribution is 7.86. The van der Waals surface area contributed by atoms with Gasteiger partial charge < -0.3 is 27.0 Å². The lowest BCUT2D eigenvalue weighted by Gasteiger charge is -2.13. The van der Waals surface area contributed by atoms with Gasteiger partial charge in [0.05, 0.1) is 4.90 Å². The quantitative estimate of drug-likeness (QED) is 0.416. The van der Waals surface area contributed by atoms with E-state index >= 15 is 0 Å². The molecule has 0 saturated heterocycles. The van der Waals surface area contributed by atoms with Crippen molar-refractivity contribution in [2.45, 2.75) is 4.90 Å². The van der Waals surface area contributed by atoms with Crippen LogP contribution < -0.4 is 11.9 Å². The molecule has 0 atom stereocenters. The molecule has 0 fully saturated rings. The molecule has 9 nitrogen and oxygen atoms in total. The Labute approximate surface area is 131 Å². The topological polar surface area (TPSA) is 196 Å². The summed E-state index contributed by atoms with van der Waals surface area (Å²) in [6.45, 7) is 0. The minimum absolute atomic E-state index is 0. The molecule has 11 heteroatoms. The molecule has 0 radical (unpaired) electrons. The minimum atomic E-state index is -4.73. The van der Waals surface area contributed by atoms with Crippen LogP contribution in [0.5, 0.6) is 5.75 Å². The standard InChI is InChI=1S/C11H9N3O4S2.H3N.H2O/c12-11(19)14-13-10-7-4-2-1-3-6(7)9(5-8(10)15)20(16,17)18;;/h1-5,15H,(H2,12,19)(H,16,17,18);1H3;1H2. The number of nitrogens with zero attached hydrogens (tertiary/aromatic N) is 2. The summed E-state index contributed by atoms with van der Waals surface area (Å²) in [5, 5.41) is 17.1. The molecule has 0 saturated carbocycles. The van der Waals surface area contributed by atoms with Crippen LogP contribution in [-0.4, -0.2) is 28.7 Å². The number of quaternary nitrogens is 1. The summed E-state index contributed by atoms with van der Waals surface area (Å²) >= 11 is 4.54. The number of hydrogen-bond donors (Lipinski definition) is 3. The molecule has 0 heterocycles. The van der Waals surface area contributed by atoms with Gasteiger partial charge in [0, 0.05) is 16.8 Å². The molecule has 2 aromatic carbocycles. The molecule has 0 aliphatic rings. The van der Waals surface area contributed by atoms with E-state index in [1.54, 1.807) is 12.1 Å². The highest BCUT2D eigenvalue weighted by Crippen LogP contribution is 2.39. The lowest BCUT2D eigenvalue weighted by Crippen LogP contribution is -2.02. The van der Waals surface area contributed by atoms with Crippen LogP contribution in [0.3, 0.4) is 0 Å². The van der Waals surface area contributed by atoms with Crippen molar-refractivity contribution in [3.05, 3.63) is 30.3 Å². The van der Waals surface area contributed by atoms with E-state index in [0.29, 0.717) is 0 Å². The van der Waals surface area contributed by atoms with Crippen molar-refractivity contribution in [2.75, 3.05) is 0 Å². The molecule has 0 unspecified atom stereocenters. The van der Waals surface area contributed by atoms with E-state index in [-0.39, 0.29) is 33.2 Å². The molecule has 2 rings (SSSR count). The van der Waals surface area contributed by atoms with Gasteiger partial charge in [-0.3, -0.25) is 0 Å². The Kier molecular flexibility index (Phi) is 6.48. The Hall–Kier alpha value is -2.18. The van der Waals surface area contributed by atoms with Crippen molar-refractivity contribution >= 4 is 43.9 Å². The third-order valence-electron chi connectivity index (χ3n) is 2.48. The largest absolute Gasteiger partial charge is 0.744 e. The molecule has 0 aliphatic heterocycles. The molecular formula is C11H14N4O5S2. The van der Waals surface area contributed by atoms with Crippen LogP contribution in [0, 0.1) is 0 Å². The zero-order valence-electron chi connectivity index (χ0n) is 11.3. The maximum absolute atomic E-state index is 11.2. The Morgan fingerprint density at radius 1 is 1.27 bits per heavy atom. The third-order valence-corrected chi connectivity index (χ3v) is 3.43. The fraction of sp³-hybridized carbons (Fsp3) is 0. The van der Waals surface area contributed by atoms with Crippen molar-refractivity contribution in [1.29, 1.82) is 0 Å². The first-order chi connectivity index (χ1) is 9.30. The number of hydrogen-bond acceptors (Lipinski definition) is 6. The summed E-state index contributed by atoms with van der Waals surface area (Å²) in [4.78, 5) is -0.528. The lowest BCUT2D eigenvalue weighted by atomic mass is 10.1. The van der Waals surface area contributed by atoms with Crippen LogP contribution in [-0.2, 0) is 10.1 Å². The first-order valence-corrected chi connectivity index (χ1v) is 7.04. The minimum Gasteiger partial charge on any atom is -0.744 e. The average Bonchev–Trinajstić information content (AvgIpc) is 2.35. The molecule has 120 valence electrons. The first-order valence-electron chi connectivity index (χ1n) is 5.22. The molecule has 0 bridgehead atoms. The Balaban J connectivity index is 0.00000220. The third kappa shape index (κ3) is 3.93. The molecule has 2 aromatic rings. The average molecular weight is 346 g/mol. The predicted molar refractivity (Wildman–Crippen MR) is 84.5 cm³/mol. The Morgan fingerprint density at radius 2 is 1.82 bits per heavy atom. The number of phenols is 1. The maximum Gasteiger partial charge on any atom is 0.211 e. The fourth-order valence-electron chi connectivity index (χ4n) is 1.72. The summed E-state index contributed by atoms with van der Waals surface area (Å²) in [5.41, 5.74) is 5.16. The second kappa shape index (κ2) is 7.20. The monoisotopic (exact) mass is 346 g/mol. The summed E-state index contributed by atoms with van der Waals surface area (Å²) in [6.07, 6.45) is 0. The van der Waals surface area contributed by atoms with Gasteiger partial charge in [-0.1, -0.05) is 24.3 Å². The molecule has 0 aromatic heterocycles. The smallest absolute Gasteiger partial charge is 0.211 e. The zero-order chi connectivity index (χ0) is 14.9. The lowest BCUT2D eigenvalue weighted by molar-refractivity contribution is 0.458. The predicted octanol–water partition coefficient (Wildman–Crippen LogP) is 1.33. The van der Waals surface area contributed by atoms with Crippen LogP contribution in [0.2, 0.25) is 0 Å². The van der Waals surface area contributed by atoms with E-state index in [1.807, 2.05) is 0 Å². The van der Waals surface area contributed by atoms with Gasteiger partial charge in [0.1, 0.15) is 21.6 Å². The van der Waals surface area contributed by atoms with Crippen molar-refractivity contribution in [1.82, 2.24) is 6.15 Å². The number of fused-ring (bicyclic) bond motifs is 1. The van der Waals surface area contributed by atoms with Crippen molar-refractivity contribution in [2.24, 2.45) is 16.0 Å². The number of rotatable bonds is 2.